The van der Waals surface area contributed by atoms with Gasteiger partial charge < -0.3 is 24.1 Å². The minimum atomic E-state index is -4.12. The quantitative estimate of drug-likeness (QED) is 0.531. The van der Waals surface area contributed by atoms with E-state index in [2.05, 4.69) is 0 Å². The summed E-state index contributed by atoms with van der Waals surface area (Å²) in [4.78, 5) is 13.4. The molecule has 0 saturated carbocycles. The number of nitrogens with zero attached hydrogens (tertiary/aromatic N) is 1. The molecule has 1 N–H and O–H groups in total. The summed E-state index contributed by atoms with van der Waals surface area (Å²) in [5.74, 6) is -1.99. The topological polar surface area (TPSA) is 113 Å². The number of methoxy groups -OCH3 is 1. The second-order valence-electron chi connectivity index (χ2n) is 9.27. The van der Waals surface area contributed by atoms with Crippen LogP contribution >= 0.6 is 0 Å². The van der Waals surface area contributed by atoms with E-state index in [0.29, 0.717) is 10.9 Å². The van der Waals surface area contributed by atoms with Crippen LogP contribution in [-0.4, -0.2) is 60.8 Å². The SMILES string of the molecule is COC(=O)[C@]12OC(C)(C)O[C@H]1[C@H](CO)O[C@@H]2c1cc2ccccc2n1S(=O)(=O)c1ccc(C)cc1. The zero-order valence-electron chi connectivity index (χ0n) is 19.8. The van der Waals surface area contributed by atoms with Crippen LogP contribution in [0.15, 0.2) is 59.5 Å². The van der Waals surface area contributed by atoms with Crippen LogP contribution in [0.5, 0.6) is 0 Å². The van der Waals surface area contributed by atoms with Crippen LogP contribution in [0.3, 0.4) is 0 Å². The lowest BCUT2D eigenvalue weighted by molar-refractivity contribution is -0.218. The number of carbonyl (C=O) groups excluding carboxylic acids is 1. The highest BCUT2D eigenvalue weighted by Gasteiger charge is 2.72. The van der Waals surface area contributed by atoms with Gasteiger partial charge in [0.15, 0.2) is 5.79 Å². The maximum Gasteiger partial charge on any atom is 0.344 e. The third-order valence-electron chi connectivity index (χ3n) is 6.49. The van der Waals surface area contributed by atoms with Gasteiger partial charge in [-0.05, 0) is 45.0 Å². The van der Waals surface area contributed by atoms with E-state index in [0.717, 1.165) is 5.56 Å². The molecule has 0 amide bonds. The van der Waals surface area contributed by atoms with Gasteiger partial charge in [-0.15, -0.1) is 0 Å². The first-order valence-corrected chi connectivity index (χ1v) is 12.6. The van der Waals surface area contributed by atoms with Gasteiger partial charge in [0.25, 0.3) is 10.0 Å². The molecule has 2 fully saturated rings. The van der Waals surface area contributed by atoms with E-state index in [1.54, 1.807) is 56.3 Å². The summed E-state index contributed by atoms with van der Waals surface area (Å²) >= 11 is 0. The molecule has 0 spiro atoms. The van der Waals surface area contributed by atoms with Crippen molar-refractivity contribution in [3.63, 3.8) is 0 Å². The van der Waals surface area contributed by atoms with Crippen LogP contribution in [-0.2, 0) is 33.8 Å². The zero-order valence-corrected chi connectivity index (χ0v) is 20.6. The monoisotopic (exact) mass is 501 g/mol. The molecule has 5 rings (SSSR count). The molecule has 2 saturated heterocycles. The number of aryl methyl sites for hydroxylation is 1. The van der Waals surface area contributed by atoms with E-state index in [1.807, 2.05) is 6.92 Å². The Labute approximate surface area is 203 Å². The summed E-state index contributed by atoms with van der Waals surface area (Å²) in [5, 5.41) is 10.7. The number of benzene rings is 2. The number of ether oxygens (including phenoxy) is 4. The number of carbonyl (C=O) groups is 1. The molecule has 2 aromatic carbocycles. The maximum atomic E-state index is 14.0. The standard InChI is InChI=1S/C25H27NO8S/c1-15-9-11-17(12-10-15)35(29,30)26-18-8-6-5-7-16(18)13-19(26)21-25(23(28)31-4)22(20(14-27)32-21)33-24(2,3)34-25/h5-13,20-22,27H,14H2,1-4H3/t20-,21+,22-,25+/m0/s1. The van der Waals surface area contributed by atoms with Crippen molar-refractivity contribution in [3.05, 3.63) is 65.9 Å². The van der Waals surface area contributed by atoms with Crippen LogP contribution in [0.1, 0.15) is 31.2 Å². The number of aliphatic hydroxyl groups is 1. The highest BCUT2D eigenvalue weighted by molar-refractivity contribution is 7.90. The van der Waals surface area contributed by atoms with Crippen molar-refractivity contribution in [2.75, 3.05) is 13.7 Å². The van der Waals surface area contributed by atoms with Gasteiger partial charge in [-0.25, -0.2) is 17.2 Å². The average Bonchev–Trinajstić information content (AvgIpc) is 3.44. The first-order chi connectivity index (χ1) is 16.5. The number of aliphatic hydroxyl groups excluding tert-OH is 1. The van der Waals surface area contributed by atoms with E-state index in [-0.39, 0.29) is 10.6 Å². The van der Waals surface area contributed by atoms with Crippen LogP contribution in [0, 0.1) is 6.92 Å². The Bertz CT molecular complexity index is 1390. The molecule has 0 unspecified atom stereocenters. The van der Waals surface area contributed by atoms with Crippen molar-refractivity contribution in [3.8, 4) is 0 Å². The van der Waals surface area contributed by atoms with Gasteiger partial charge in [-0.1, -0.05) is 35.9 Å². The molecule has 0 aliphatic carbocycles. The summed E-state index contributed by atoms with van der Waals surface area (Å²) in [5.41, 5.74) is -0.341. The molecular formula is C25H27NO8S. The fraction of sp³-hybridized carbons (Fsp3) is 0.400. The highest BCUT2D eigenvalue weighted by Crippen LogP contribution is 2.54. The molecule has 3 aromatic rings. The Hall–Kier alpha value is -2.76. The number of fused-ring (bicyclic) bond motifs is 2. The Morgan fingerprint density at radius 1 is 1.14 bits per heavy atom. The van der Waals surface area contributed by atoms with Gasteiger partial charge >= 0.3 is 5.97 Å². The maximum absolute atomic E-state index is 14.0. The molecule has 2 aliphatic heterocycles. The van der Waals surface area contributed by atoms with Gasteiger partial charge in [-0.2, -0.15) is 0 Å². The van der Waals surface area contributed by atoms with E-state index < -0.39 is 52.3 Å². The number of aromatic nitrogens is 1. The molecule has 186 valence electrons. The summed E-state index contributed by atoms with van der Waals surface area (Å²) in [6, 6.07) is 15.1. The molecule has 1 aromatic heterocycles. The van der Waals surface area contributed by atoms with Crippen molar-refractivity contribution < 1.29 is 37.3 Å². The van der Waals surface area contributed by atoms with E-state index in [4.69, 9.17) is 18.9 Å². The molecule has 0 bridgehead atoms. The number of hydrogen-bond donors (Lipinski definition) is 1. The van der Waals surface area contributed by atoms with Gasteiger partial charge in [0.05, 0.1) is 29.8 Å². The molecule has 10 heteroatoms. The fourth-order valence-corrected chi connectivity index (χ4v) is 6.60. The van der Waals surface area contributed by atoms with Crippen molar-refractivity contribution in [2.45, 2.75) is 55.4 Å². The summed E-state index contributed by atoms with van der Waals surface area (Å²) in [7, 11) is -2.91. The van der Waals surface area contributed by atoms with Gasteiger partial charge in [-0.3, -0.25) is 0 Å². The van der Waals surface area contributed by atoms with Gasteiger partial charge in [0.2, 0.25) is 5.60 Å². The lowest BCUT2D eigenvalue weighted by atomic mass is 9.89. The predicted octanol–water partition coefficient (Wildman–Crippen LogP) is 2.68. The second-order valence-corrected chi connectivity index (χ2v) is 11.1. The molecular weight excluding hydrogens is 474 g/mol. The number of para-hydroxylation sites is 1. The van der Waals surface area contributed by atoms with Crippen LogP contribution in [0.2, 0.25) is 0 Å². The van der Waals surface area contributed by atoms with Crippen LogP contribution < -0.4 is 0 Å². The molecule has 2 aliphatic rings. The Morgan fingerprint density at radius 3 is 2.49 bits per heavy atom. The number of rotatable bonds is 5. The largest absolute Gasteiger partial charge is 0.467 e. The Morgan fingerprint density at radius 2 is 1.83 bits per heavy atom. The van der Waals surface area contributed by atoms with Crippen LogP contribution in [0.4, 0.5) is 0 Å². The zero-order chi connectivity index (χ0) is 25.2. The summed E-state index contributed by atoms with van der Waals surface area (Å²) in [6.07, 6.45) is -3.21. The first kappa shape index (κ1) is 24.0. The average molecular weight is 502 g/mol. The van der Waals surface area contributed by atoms with E-state index in [1.165, 1.54) is 23.2 Å². The second kappa shape index (κ2) is 8.14. The highest BCUT2D eigenvalue weighted by atomic mass is 32.2. The van der Waals surface area contributed by atoms with Crippen molar-refractivity contribution in [1.82, 2.24) is 3.97 Å². The Balaban J connectivity index is 1.79. The van der Waals surface area contributed by atoms with E-state index >= 15 is 0 Å². The van der Waals surface area contributed by atoms with Crippen molar-refractivity contribution >= 4 is 26.9 Å². The molecule has 0 radical (unpaired) electrons. The lowest BCUT2D eigenvalue weighted by Crippen LogP contribution is -2.51. The molecule has 9 nitrogen and oxygen atoms in total. The Kier molecular flexibility index (Phi) is 5.57. The predicted molar refractivity (Wildman–Crippen MR) is 125 cm³/mol. The molecule has 35 heavy (non-hydrogen) atoms. The first-order valence-electron chi connectivity index (χ1n) is 11.2. The minimum Gasteiger partial charge on any atom is -0.467 e. The number of hydrogen-bond acceptors (Lipinski definition) is 8. The van der Waals surface area contributed by atoms with Crippen molar-refractivity contribution in [2.24, 2.45) is 0 Å². The normalized spacial score (nSPS) is 27.7. The third kappa shape index (κ3) is 3.51. The van der Waals surface area contributed by atoms with E-state index in [9.17, 15) is 18.3 Å². The summed E-state index contributed by atoms with van der Waals surface area (Å²) in [6.45, 7) is 4.68. The lowest BCUT2D eigenvalue weighted by Gasteiger charge is -2.31. The third-order valence-corrected chi connectivity index (χ3v) is 8.25. The number of esters is 1. The van der Waals surface area contributed by atoms with Gasteiger partial charge in [0, 0.05) is 5.39 Å². The summed E-state index contributed by atoms with van der Waals surface area (Å²) < 4.78 is 52.5. The minimum absolute atomic E-state index is 0.0787. The fourth-order valence-electron chi connectivity index (χ4n) is 5.05. The smallest absolute Gasteiger partial charge is 0.344 e. The van der Waals surface area contributed by atoms with Crippen LogP contribution in [0.25, 0.3) is 10.9 Å². The molecule has 4 atom stereocenters. The molecule has 3 heterocycles. The van der Waals surface area contributed by atoms with Crippen molar-refractivity contribution in [1.29, 1.82) is 0 Å². The van der Waals surface area contributed by atoms with Gasteiger partial charge in [0.1, 0.15) is 18.3 Å².